The summed E-state index contributed by atoms with van der Waals surface area (Å²) in [4.78, 5) is 23.7. The molecule has 0 aliphatic carbocycles. The number of nitrogens with one attached hydrogen (secondary N) is 1. The predicted octanol–water partition coefficient (Wildman–Crippen LogP) is 1.64. The van der Waals surface area contributed by atoms with Crippen LogP contribution < -0.4 is 5.32 Å². The normalized spacial score (nSPS) is 21.8. The Morgan fingerprint density at radius 2 is 2.14 bits per heavy atom. The van der Waals surface area contributed by atoms with E-state index in [1.165, 1.54) is 0 Å². The van der Waals surface area contributed by atoms with E-state index in [0.29, 0.717) is 5.84 Å². The number of thiazole rings is 1. The Morgan fingerprint density at radius 3 is 2.95 bits per heavy atom. The quantitative estimate of drug-likeness (QED) is 0.871. The number of piperidine rings is 1. The van der Waals surface area contributed by atoms with E-state index in [0.717, 1.165) is 41.7 Å². The molecule has 4 rings (SSSR count). The number of rotatable bonds is 1. The van der Waals surface area contributed by atoms with Crippen LogP contribution in [0.2, 0.25) is 0 Å². The van der Waals surface area contributed by atoms with E-state index in [1.54, 1.807) is 11.3 Å². The molecule has 6 heteroatoms. The molecule has 1 N–H and O–H groups in total. The van der Waals surface area contributed by atoms with Crippen molar-refractivity contribution in [3.8, 4) is 0 Å². The highest BCUT2D eigenvalue weighted by Gasteiger charge is 2.45. The molecule has 1 aromatic carbocycles. The van der Waals surface area contributed by atoms with Crippen molar-refractivity contribution in [1.29, 1.82) is 0 Å². The highest BCUT2D eigenvalue weighted by molar-refractivity contribution is 7.16. The molecular formula is C15H16N4OS. The van der Waals surface area contributed by atoms with Crippen LogP contribution >= 0.6 is 11.3 Å². The number of fused-ring (bicyclic) bond motifs is 1. The van der Waals surface area contributed by atoms with Gasteiger partial charge in [-0.05, 0) is 38.1 Å². The molecule has 0 radical (unpaired) electrons. The van der Waals surface area contributed by atoms with Crippen molar-refractivity contribution < 1.29 is 4.79 Å². The summed E-state index contributed by atoms with van der Waals surface area (Å²) >= 11 is 1.60. The topological polar surface area (TPSA) is 57.6 Å². The number of amides is 1. The first-order valence-electron chi connectivity index (χ1n) is 7.10. The minimum absolute atomic E-state index is 0.0509. The van der Waals surface area contributed by atoms with Crippen LogP contribution in [0.1, 0.15) is 18.4 Å². The lowest BCUT2D eigenvalue weighted by atomic mass is 9.88. The van der Waals surface area contributed by atoms with Crippen molar-refractivity contribution in [2.75, 3.05) is 20.1 Å². The van der Waals surface area contributed by atoms with Gasteiger partial charge in [0.2, 0.25) is 0 Å². The fraction of sp³-hybridized carbons (Fsp3) is 0.400. The fourth-order valence-electron chi connectivity index (χ4n) is 2.98. The first kappa shape index (κ1) is 12.9. The van der Waals surface area contributed by atoms with Gasteiger partial charge in [0.1, 0.15) is 11.4 Å². The Balaban J connectivity index is 1.70. The van der Waals surface area contributed by atoms with E-state index < -0.39 is 5.54 Å². The highest BCUT2D eigenvalue weighted by Crippen LogP contribution is 2.31. The number of nitrogens with zero attached hydrogens (tertiary/aromatic N) is 3. The number of benzene rings is 1. The Hall–Kier alpha value is -1.79. The monoisotopic (exact) mass is 300 g/mol. The lowest BCUT2D eigenvalue weighted by Gasteiger charge is -2.33. The summed E-state index contributed by atoms with van der Waals surface area (Å²) in [5.74, 6) is 0.759. The molecule has 0 saturated carbocycles. The lowest BCUT2D eigenvalue weighted by Crippen LogP contribution is -2.47. The zero-order valence-electron chi connectivity index (χ0n) is 11.8. The molecule has 2 aromatic rings. The number of carbonyl (C=O) groups is 1. The number of aliphatic imine (C=N–C) groups is 1. The van der Waals surface area contributed by atoms with E-state index in [4.69, 9.17) is 4.99 Å². The van der Waals surface area contributed by atoms with Crippen molar-refractivity contribution in [3.05, 3.63) is 29.3 Å². The molecule has 108 valence electrons. The van der Waals surface area contributed by atoms with Crippen molar-refractivity contribution in [3.63, 3.8) is 0 Å². The molecule has 1 aromatic heterocycles. The van der Waals surface area contributed by atoms with Crippen LogP contribution in [0, 0.1) is 0 Å². The lowest BCUT2D eigenvalue weighted by molar-refractivity contribution is -0.125. The predicted molar refractivity (Wildman–Crippen MR) is 83.8 cm³/mol. The Labute approximate surface area is 126 Å². The number of likely N-dealkylation sites (tertiary alicyclic amines) is 1. The summed E-state index contributed by atoms with van der Waals surface area (Å²) < 4.78 is 1.12. The van der Waals surface area contributed by atoms with Crippen molar-refractivity contribution in [1.82, 2.24) is 15.2 Å². The van der Waals surface area contributed by atoms with Gasteiger partial charge in [-0.1, -0.05) is 0 Å². The molecular weight excluding hydrogens is 284 g/mol. The molecule has 1 saturated heterocycles. The van der Waals surface area contributed by atoms with E-state index in [2.05, 4.69) is 28.3 Å². The second-order valence-electron chi connectivity index (χ2n) is 5.78. The third-order valence-electron chi connectivity index (χ3n) is 4.40. The van der Waals surface area contributed by atoms with E-state index in [-0.39, 0.29) is 5.91 Å². The second kappa shape index (κ2) is 4.61. The largest absolute Gasteiger partial charge is 0.308 e. The Bertz CT molecular complexity index is 743. The smallest absolute Gasteiger partial charge is 0.253 e. The zero-order valence-corrected chi connectivity index (χ0v) is 12.6. The van der Waals surface area contributed by atoms with Crippen LogP contribution in [0.4, 0.5) is 0 Å². The van der Waals surface area contributed by atoms with Gasteiger partial charge in [0.15, 0.2) is 0 Å². The maximum absolute atomic E-state index is 12.4. The molecule has 0 unspecified atom stereocenters. The van der Waals surface area contributed by atoms with E-state index in [1.807, 2.05) is 17.6 Å². The summed E-state index contributed by atoms with van der Waals surface area (Å²) in [6.45, 7) is 1.83. The number of carbonyl (C=O) groups excluding carboxylic acids is 1. The molecule has 5 nitrogen and oxygen atoms in total. The molecule has 0 atom stereocenters. The third-order valence-corrected chi connectivity index (χ3v) is 5.19. The minimum Gasteiger partial charge on any atom is -0.308 e. The molecule has 1 spiro atoms. The maximum Gasteiger partial charge on any atom is 0.253 e. The first-order chi connectivity index (χ1) is 10.2. The van der Waals surface area contributed by atoms with Gasteiger partial charge in [-0.25, -0.2) is 4.98 Å². The van der Waals surface area contributed by atoms with Crippen LogP contribution in [0.3, 0.4) is 0 Å². The van der Waals surface area contributed by atoms with Crippen molar-refractivity contribution in [2.24, 2.45) is 4.99 Å². The molecule has 21 heavy (non-hydrogen) atoms. The summed E-state index contributed by atoms with van der Waals surface area (Å²) in [5.41, 5.74) is 3.24. The van der Waals surface area contributed by atoms with Crippen LogP contribution in [0.25, 0.3) is 10.2 Å². The second-order valence-corrected chi connectivity index (χ2v) is 6.67. The van der Waals surface area contributed by atoms with Crippen LogP contribution in [-0.4, -0.2) is 47.3 Å². The standard InChI is InChI=1S/C15H16N4OS/c1-19-6-4-15(5-7-19)14(20)17-13(18-15)10-2-3-11-12(8-10)21-9-16-11/h2-3,8-9H,4-7H2,1H3,(H,17,18,20). The van der Waals surface area contributed by atoms with Gasteiger partial charge in [0.05, 0.1) is 15.7 Å². The molecule has 0 bridgehead atoms. The van der Waals surface area contributed by atoms with Gasteiger partial charge < -0.3 is 10.2 Å². The number of hydrogen-bond acceptors (Lipinski definition) is 5. The van der Waals surface area contributed by atoms with E-state index >= 15 is 0 Å². The Kier molecular flexibility index (Phi) is 2.83. The van der Waals surface area contributed by atoms with Crippen LogP contribution in [-0.2, 0) is 4.79 Å². The molecule has 1 fully saturated rings. The van der Waals surface area contributed by atoms with Crippen LogP contribution in [0.5, 0.6) is 0 Å². The van der Waals surface area contributed by atoms with E-state index in [9.17, 15) is 4.79 Å². The summed E-state index contributed by atoms with van der Waals surface area (Å²) in [5, 5.41) is 2.98. The summed E-state index contributed by atoms with van der Waals surface area (Å²) in [6.07, 6.45) is 1.59. The molecule has 2 aliphatic heterocycles. The number of aromatic nitrogens is 1. The Morgan fingerprint density at radius 1 is 1.33 bits per heavy atom. The minimum atomic E-state index is -0.551. The number of amidine groups is 1. The molecule has 3 heterocycles. The molecule has 2 aliphatic rings. The van der Waals surface area contributed by atoms with Gasteiger partial charge in [-0.2, -0.15) is 0 Å². The van der Waals surface area contributed by atoms with Gasteiger partial charge in [0, 0.05) is 18.7 Å². The summed E-state index contributed by atoms with van der Waals surface area (Å²) in [7, 11) is 2.09. The first-order valence-corrected chi connectivity index (χ1v) is 7.98. The summed E-state index contributed by atoms with van der Waals surface area (Å²) in [6, 6.07) is 6.02. The maximum atomic E-state index is 12.4. The van der Waals surface area contributed by atoms with Crippen molar-refractivity contribution in [2.45, 2.75) is 18.4 Å². The zero-order chi connectivity index (χ0) is 14.4. The van der Waals surface area contributed by atoms with Gasteiger partial charge in [-0.3, -0.25) is 9.79 Å². The average Bonchev–Trinajstić information content (AvgIpc) is 3.07. The van der Waals surface area contributed by atoms with Gasteiger partial charge >= 0.3 is 0 Å². The van der Waals surface area contributed by atoms with Gasteiger partial charge in [0.25, 0.3) is 5.91 Å². The average molecular weight is 300 g/mol. The third kappa shape index (κ3) is 2.06. The number of hydrogen-bond donors (Lipinski definition) is 1. The molecule has 1 amide bonds. The van der Waals surface area contributed by atoms with Crippen molar-refractivity contribution >= 4 is 33.3 Å². The highest BCUT2D eigenvalue weighted by atomic mass is 32.1. The fourth-order valence-corrected chi connectivity index (χ4v) is 3.70. The SMILES string of the molecule is CN1CCC2(CC1)N=C(c1ccc3ncsc3c1)NC2=O. The van der Waals surface area contributed by atoms with Gasteiger partial charge in [-0.15, -0.1) is 11.3 Å². The van der Waals surface area contributed by atoms with Crippen LogP contribution in [0.15, 0.2) is 28.7 Å².